The molecule has 0 atom stereocenters. The molecular weight excluding hydrogens is 262 g/mol. The first-order valence-corrected chi connectivity index (χ1v) is 5.94. The number of halogens is 2. The summed E-state index contributed by atoms with van der Waals surface area (Å²) in [6, 6.07) is 3.59. The number of nitrogens with zero attached hydrogens (tertiary/aromatic N) is 4. The lowest BCUT2D eigenvalue weighted by Gasteiger charge is -2.15. The van der Waals surface area contributed by atoms with Gasteiger partial charge in [-0.15, -0.1) is 6.07 Å². The zero-order chi connectivity index (χ0) is 14.3. The van der Waals surface area contributed by atoms with Crippen LogP contribution in [0.25, 0.3) is 22.8 Å². The highest BCUT2D eigenvalue weighted by atomic mass is 19.1. The van der Waals surface area contributed by atoms with Crippen molar-refractivity contribution in [3.63, 3.8) is 0 Å². The van der Waals surface area contributed by atoms with Gasteiger partial charge in [-0.1, -0.05) is 6.07 Å². The van der Waals surface area contributed by atoms with Crippen LogP contribution in [0.5, 0.6) is 0 Å². The van der Waals surface area contributed by atoms with E-state index in [1.807, 2.05) is 0 Å². The van der Waals surface area contributed by atoms with E-state index in [9.17, 15) is 8.78 Å². The molecule has 0 aliphatic rings. The molecule has 0 saturated heterocycles. The smallest absolute Gasteiger partial charge is 0.0755 e. The van der Waals surface area contributed by atoms with Crippen LogP contribution in [0.3, 0.4) is 0 Å². The lowest BCUT2D eigenvalue weighted by molar-refractivity contribution is 0.585. The Hall–Kier alpha value is -2.50. The quantitative estimate of drug-likeness (QED) is 0.673. The van der Waals surface area contributed by atoms with Gasteiger partial charge in [-0.05, 0) is 11.1 Å². The SMILES string of the molecule is Cn1ccnc1-c1[c-]c(-c2nccn2C)c(F)cc1F. The molecule has 4 nitrogen and oxygen atoms in total. The van der Waals surface area contributed by atoms with Crippen molar-refractivity contribution in [1.82, 2.24) is 19.1 Å². The molecule has 102 valence electrons. The predicted molar refractivity (Wildman–Crippen MR) is 69.6 cm³/mol. The van der Waals surface area contributed by atoms with Crippen molar-refractivity contribution in [2.75, 3.05) is 0 Å². The molecule has 0 amide bonds. The van der Waals surface area contributed by atoms with Gasteiger partial charge in [-0.25, -0.2) is 0 Å². The fraction of sp³-hybridized carbons (Fsp3) is 0.143. The minimum absolute atomic E-state index is 0.122. The van der Waals surface area contributed by atoms with Crippen LogP contribution in [0.15, 0.2) is 30.9 Å². The summed E-state index contributed by atoms with van der Waals surface area (Å²) in [4.78, 5) is 8.13. The molecule has 3 rings (SSSR count). The van der Waals surface area contributed by atoms with Crippen LogP contribution < -0.4 is 0 Å². The van der Waals surface area contributed by atoms with Crippen molar-refractivity contribution >= 4 is 0 Å². The van der Waals surface area contributed by atoms with E-state index in [0.717, 1.165) is 6.07 Å². The molecule has 1 aromatic carbocycles. The van der Waals surface area contributed by atoms with Crippen LogP contribution in [0.1, 0.15) is 0 Å². The average Bonchev–Trinajstić information content (AvgIpc) is 2.99. The molecule has 0 aliphatic heterocycles. The molecule has 0 unspecified atom stereocenters. The molecule has 0 saturated carbocycles. The first kappa shape index (κ1) is 12.5. The van der Waals surface area contributed by atoms with Gasteiger partial charge >= 0.3 is 0 Å². The van der Waals surface area contributed by atoms with E-state index in [2.05, 4.69) is 16.0 Å². The number of hydrogen-bond donors (Lipinski definition) is 0. The lowest BCUT2D eigenvalue weighted by atomic mass is 10.1. The van der Waals surface area contributed by atoms with Crippen LogP contribution in [0.4, 0.5) is 8.78 Å². The molecule has 0 N–H and O–H groups in total. The second-order valence-corrected chi connectivity index (χ2v) is 4.44. The molecule has 0 aliphatic carbocycles. The van der Waals surface area contributed by atoms with Crippen molar-refractivity contribution in [3.05, 3.63) is 48.6 Å². The second-order valence-electron chi connectivity index (χ2n) is 4.44. The highest BCUT2D eigenvalue weighted by molar-refractivity contribution is 5.66. The molecule has 20 heavy (non-hydrogen) atoms. The summed E-state index contributed by atoms with van der Waals surface area (Å²) >= 11 is 0. The first-order chi connectivity index (χ1) is 9.58. The van der Waals surface area contributed by atoms with Crippen LogP contribution in [0.2, 0.25) is 0 Å². The summed E-state index contributed by atoms with van der Waals surface area (Å²) in [7, 11) is 3.47. The van der Waals surface area contributed by atoms with Gasteiger partial charge in [0.15, 0.2) is 0 Å². The van der Waals surface area contributed by atoms with Crippen molar-refractivity contribution in [2.45, 2.75) is 0 Å². The number of imidazole rings is 2. The number of hydrogen-bond acceptors (Lipinski definition) is 2. The molecule has 6 heteroatoms. The molecule has 3 aromatic rings. The Balaban J connectivity index is 2.24. The van der Waals surface area contributed by atoms with Gasteiger partial charge in [0, 0.05) is 38.9 Å². The third-order valence-electron chi connectivity index (χ3n) is 3.07. The number of benzene rings is 1. The van der Waals surface area contributed by atoms with E-state index in [4.69, 9.17) is 0 Å². The topological polar surface area (TPSA) is 35.6 Å². The van der Waals surface area contributed by atoms with E-state index < -0.39 is 11.6 Å². The number of rotatable bonds is 2. The highest BCUT2D eigenvalue weighted by Crippen LogP contribution is 2.28. The molecule has 0 radical (unpaired) electrons. The normalized spacial score (nSPS) is 11.0. The Labute approximate surface area is 114 Å². The Kier molecular flexibility index (Phi) is 2.85. The second kappa shape index (κ2) is 4.56. The molecular formula is C14H11F2N4-. The summed E-state index contributed by atoms with van der Waals surface area (Å²) in [5, 5.41) is 0. The van der Waals surface area contributed by atoms with Crippen LogP contribution in [-0.2, 0) is 14.1 Å². The van der Waals surface area contributed by atoms with Crippen molar-refractivity contribution in [2.24, 2.45) is 14.1 Å². The monoisotopic (exact) mass is 273 g/mol. The summed E-state index contributed by atoms with van der Waals surface area (Å²) in [6.45, 7) is 0. The Morgan fingerprint density at radius 2 is 1.35 bits per heavy atom. The van der Waals surface area contributed by atoms with E-state index in [-0.39, 0.29) is 11.1 Å². The largest absolute Gasteiger partial charge is 0.365 e. The molecule has 0 fully saturated rings. The maximum absolute atomic E-state index is 14.0. The maximum atomic E-state index is 14.0. The summed E-state index contributed by atoms with van der Waals surface area (Å²) < 4.78 is 31.2. The van der Waals surface area contributed by atoms with E-state index in [1.165, 1.54) is 0 Å². The predicted octanol–water partition coefficient (Wildman–Crippen LogP) is 2.57. The summed E-state index contributed by atoms with van der Waals surface area (Å²) in [5.74, 6) is -0.625. The Morgan fingerprint density at radius 3 is 1.70 bits per heavy atom. The van der Waals surface area contributed by atoms with Gasteiger partial charge in [-0.3, -0.25) is 18.7 Å². The van der Waals surface area contributed by atoms with E-state index >= 15 is 0 Å². The molecule has 0 bridgehead atoms. The minimum Gasteiger partial charge on any atom is -0.365 e. The standard InChI is InChI=1S/C14H11F2N4/c1-19-5-3-17-13(19)9-7-10(12(16)8-11(9)15)14-18-4-6-20(14)2/h3-6,8H,1-2H3/q-1. The van der Waals surface area contributed by atoms with Gasteiger partial charge in [0.05, 0.1) is 23.3 Å². The Morgan fingerprint density at radius 1 is 0.900 bits per heavy atom. The lowest BCUT2D eigenvalue weighted by Crippen LogP contribution is -2.00. The summed E-state index contributed by atoms with van der Waals surface area (Å²) in [6.07, 6.45) is 6.47. The van der Waals surface area contributed by atoms with Gasteiger partial charge in [0.25, 0.3) is 0 Å². The van der Waals surface area contributed by atoms with Crippen molar-refractivity contribution in [1.29, 1.82) is 0 Å². The van der Waals surface area contributed by atoms with Gasteiger partial charge < -0.3 is 9.13 Å². The van der Waals surface area contributed by atoms with Crippen molar-refractivity contribution < 1.29 is 8.78 Å². The third-order valence-corrected chi connectivity index (χ3v) is 3.07. The maximum Gasteiger partial charge on any atom is 0.0755 e. The first-order valence-electron chi connectivity index (χ1n) is 5.94. The van der Waals surface area contributed by atoms with Crippen LogP contribution >= 0.6 is 0 Å². The molecule has 2 aromatic heterocycles. The van der Waals surface area contributed by atoms with Gasteiger partial charge in [-0.2, -0.15) is 0 Å². The van der Waals surface area contributed by atoms with Crippen LogP contribution in [-0.4, -0.2) is 19.1 Å². The third kappa shape index (κ3) is 1.89. The minimum atomic E-state index is -0.699. The van der Waals surface area contributed by atoms with Gasteiger partial charge in [0.1, 0.15) is 0 Å². The molecule has 0 spiro atoms. The number of aryl methyl sites for hydroxylation is 2. The van der Waals surface area contributed by atoms with E-state index in [1.54, 1.807) is 48.0 Å². The fourth-order valence-corrected chi connectivity index (χ4v) is 2.04. The van der Waals surface area contributed by atoms with Crippen molar-refractivity contribution in [3.8, 4) is 22.8 Å². The fourth-order valence-electron chi connectivity index (χ4n) is 2.04. The average molecular weight is 273 g/mol. The molecule has 2 heterocycles. The zero-order valence-corrected chi connectivity index (χ0v) is 10.9. The van der Waals surface area contributed by atoms with E-state index in [0.29, 0.717) is 11.6 Å². The van der Waals surface area contributed by atoms with Gasteiger partial charge in [0.2, 0.25) is 0 Å². The Bertz CT molecular complexity index is 712. The number of aromatic nitrogens is 4. The zero-order valence-electron chi connectivity index (χ0n) is 10.9. The summed E-state index contributed by atoms with van der Waals surface area (Å²) in [5.41, 5.74) is 0.244. The van der Waals surface area contributed by atoms with Crippen LogP contribution in [0, 0.1) is 17.7 Å². The highest BCUT2D eigenvalue weighted by Gasteiger charge is 2.10.